The van der Waals surface area contributed by atoms with Crippen molar-refractivity contribution in [2.75, 3.05) is 5.32 Å². The number of halogens is 1. The number of hydrogen-bond acceptors (Lipinski definition) is 4. The van der Waals surface area contributed by atoms with Crippen molar-refractivity contribution < 1.29 is 5.11 Å². The van der Waals surface area contributed by atoms with E-state index in [-0.39, 0.29) is 6.10 Å². The van der Waals surface area contributed by atoms with Crippen molar-refractivity contribution in [2.24, 2.45) is 0 Å². The van der Waals surface area contributed by atoms with E-state index in [1.165, 1.54) is 6.20 Å². The summed E-state index contributed by atoms with van der Waals surface area (Å²) < 4.78 is 0. The average Bonchev–Trinajstić information content (AvgIpc) is 2.22. The van der Waals surface area contributed by atoms with Gasteiger partial charge < -0.3 is 10.4 Å². The number of hydrogen-bond donors (Lipinski definition) is 2. The lowest BCUT2D eigenvalue weighted by atomic mass is 9.93. The highest BCUT2D eigenvalue weighted by molar-refractivity contribution is 6.29. The zero-order valence-electron chi connectivity index (χ0n) is 8.36. The molecule has 0 atom stereocenters. The largest absolute Gasteiger partial charge is 0.393 e. The quantitative estimate of drug-likeness (QED) is 0.810. The fourth-order valence-corrected chi connectivity index (χ4v) is 1.99. The minimum Gasteiger partial charge on any atom is -0.393 e. The van der Waals surface area contributed by atoms with Crippen LogP contribution in [-0.2, 0) is 0 Å². The zero-order chi connectivity index (χ0) is 10.7. The highest BCUT2D eigenvalue weighted by Crippen LogP contribution is 2.21. The highest BCUT2D eigenvalue weighted by atomic mass is 35.5. The van der Waals surface area contributed by atoms with Crippen molar-refractivity contribution in [3.05, 3.63) is 17.5 Å². The Hall–Kier alpha value is -0.870. The second-order valence-electron chi connectivity index (χ2n) is 3.88. The number of nitrogens with one attached hydrogen (secondary N) is 1. The first-order chi connectivity index (χ1) is 7.24. The van der Waals surface area contributed by atoms with Crippen LogP contribution in [0.5, 0.6) is 0 Å². The molecule has 0 amide bonds. The molecule has 2 rings (SSSR count). The van der Waals surface area contributed by atoms with Crippen LogP contribution >= 0.6 is 11.6 Å². The Morgan fingerprint density at radius 3 is 2.67 bits per heavy atom. The Bertz CT molecular complexity index is 326. The summed E-state index contributed by atoms with van der Waals surface area (Å²) in [4.78, 5) is 8.07. The summed E-state index contributed by atoms with van der Waals surface area (Å²) in [5.41, 5.74) is 0. The van der Waals surface area contributed by atoms with Gasteiger partial charge in [-0.05, 0) is 25.7 Å². The predicted molar refractivity (Wildman–Crippen MR) is 58.9 cm³/mol. The summed E-state index contributed by atoms with van der Waals surface area (Å²) in [7, 11) is 0. The van der Waals surface area contributed by atoms with Gasteiger partial charge in [-0.25, -0.2) is 4.98 Å². The van der Waals surface area contributed by atoms with Gasteiger partial charge in [-0.15, -0.1) is 0 Å². The minimum atomic E-state index is -0.131. The van der Waals surface area contributed by atoms with Crippen LogP contribution < -0.4 is 5.32 Å². The van der Waals surface area contributed by atoms with Crippen molar-refractivity contribution in [1.29, 1.82) is 0 Å². The Morgan fingerprint density at radius 2 is 2.00 bits per heavy atom. The summed E-state index contributed by atoms with van der Waals surface area (Å²) in [6.45, 7) is 0. The average molecular weight is 228 g/mol. The van der Waals surface area contributed by atoms with Gasteiger partial charge in [0.15, 0.2) is 0 Å². The van der Waals surface area contributed by atoms with Crippen molar-refractivity contribution in [1.82, 2.24) is 9.97 Å². The predicted octanol–water partition coefficient (Wildman–Crippen LogP) is 1.85. The summed E-state index contributed by atoms with van der Waals surface area (Å²) >= 11 is 5.73. The molecule has 4 nitrogen and oxygen atoms in total. The van der Waals surface area contributed by atoms with E-state index in [4.69, 9.17) is 11.6 Å². The molecular formula is C10H14ClN3O. The Labute approximate surface area is 93.7 Å². The van der Waals surface area contributed by atoms with Crippen LogP contribution in [0.25, 0.3) is 0 Å². The molecule has 0 saturated heterocycles. The van der Waals surface area contributed by atoms with Crippen LogP contribution in [0.3, 0.4) is 0 Å². The topological polar surface area (TPSA) is 58.0 Å². The van der Waals surface area contributed by atoms with Gasteiger partial charge in [-0.3, -0.25) is 4.98 Å². The maximum Gasteiger partial charge on any atom is 0.149 e. The molecule has 1 fully saturated rings. The van der Waals surface area contributed by atoms with Crippen molar-refractivity contribution >= 4 is 17.4 Å². The van der Waals surface area contributed by atoms with E-state index in [0.717, 1.165) is 25.7 Å². The van der Waals surface area contributed by atoms with Gasteiger partial charge in [0.2, 0.25) is 0 Å². The molecule has 15 heavy (non-hydrogen) atoms. The molecule has 0 unspecified atom stereocenters. The van der Waals surface area contributed by atoms with Gasteiger partial charge in [-0.1, -0.05) is 11.6 Å². The molecule has 1 aromatic heterocycles. The van der Waals surface area contributed by atoms with Gasteiger partial charge in [0.25, 0.3) is 0 Å². The molecule has 0 spiro atoms. The number of aliphatic hydroxyl groups excluding tert-OH is 1. The third-order valence-corrected chi connectivity index (χ3v) is 2.84. The van der Waals surface area contributed by atoms with Crippen LogP contribution in [0, 0.1) is 0 Å². The second-order valence-corrected chi connectivity index (χ2v) is 4.26. The lowest BCUT2D eigenvalue weighted by Crippen LogP contribution is -2.28. The molecule has 1 aromatic rings. The first kappa shape index (κ1) is 10.6. The SMILES string of the molecule is OC1CCC(Nc2cncc(Cl)n2)CC1. The standard InChI is InChI=1S/C10H14ClN3O/c11-9-5-12-6-10(14-9)13-7-1-3-8(15)4-2-7/h5-8,15H,1-4H2,(H,13,14). The van der Waals surface area contributed by atoms with Crippen LogP contribution in [0.4, 0.5) is 5.82 Å². The molecule has 0 bridgehead atoms. The van der Waals surface area contributed by atoms with Crippen LogP contribution in [0.15, 0.2) is 12.4 Å². The Morgan fingerprint density at radius 1 is 1.27 bits per heavy atom. The summed E-state index contributed by atoms with van der Waals surface area (Å²) in [5, 5.41) is 13.0. The lowest BCUT2D eigenvalue weighted by Gasteiger charge is -2.26. The lowest BCUT2D eigenvalue weighted by molar-refractivity contribution is 0.126. The van der Waals surface area contributed by atoms with Gasteiger partial charge in [0.1, 0.15) is 11.0 Å². The van der Waals surface area contributed by atoms with Crippen LogP contribution in [0.1, 0.15) is 25.7 Å². The van der Waals surface area contributed by atoms with Gasteiger partial charge >= 0.3 is 0 Å². The van der Waals surface area contributed by atoms with E-state index in [0.29, 0.717) is 17.0 Å². The van der Waals surface area contributed by atoms with Gasteiger partial charge in [0.05, 0.1) is 18.5 Å². The maximum atomic E-state index is 9.36. The fraction of sp³-hybridized carbons (Fsp3) is 0.600. The first-order valence-corrected chi connectivity index (χ1v) is 5.54. The molecule has 2 N–H and O–H groups in total. The van der Waals surface area contributed by atoms with E-state index < -0.39 is 0 Å². The number of anilines is 1. The van der Waals surface area contributed by atoms with Crippen LogP contribution in [0.2, 0.25) is 5.15 Å². The van der Waals surface area contributed by atoms with E-state index in [1.807, 2.05) is 0 Å². The van der Waals surface area contributed by atoms with E-state index in [1.54, 1.807) is 6.20 Å². The van der Waals surface area contributed by atoms with Crippen LogP contribution in [-0.4, -0.2) is 27.2 Å². The van der Waals surface area contributed by atoms with Crippen molar-refractivity contribution in [3.8, 4) is 0 Å². The van der Waals surface area contributed by atoms with Crippen molar-refractivity contribution in [2.45, 2.75) is 37.8 Å². The molecule has 1 saturated carbocycles. The third kappa shape index (κ3) is 3.04. The number of aliphatic hydroxyl groups is 1. The molecule has 1 aliphatic rings. The van der Waals surface area contributed by atoms with E-state index in [9.17, 15) is 5.11 Å². The molecule has 0 radical (unpaired) electrons. The Balaban J connectivity index is 1.92. The Kier molecular flexibility index (Phi) is 3.38. The number of aromatic nitrogens is 2. The minimum absolute atomic E-state index is 0.131. The molecule has 1 aliphatic carbocycles. The van der Waals surface area contributed by atoms with E-state index >= 15 is 0 Å². The molecule has 82 valence electrons. The third-order valence-electron chi connectivity index (χ3n) is 2.65. The number of rotatable bonds is 2. The first-order valence-electron chi connectivity index (χ1n) is 5.16. The van der Waals surface area contributed by atoms with E-state index in [2.05, 4.69) is 15.3 Å². The normalized spacial score (nSPS) is 26.3. The molecular weight excluding hydrogens is 214 g/mol. The van der Waals surface area contributed by atoms with Gasteiger partial charge in [0, 0.05) is 6.04 Å². The molecule has 5 heteroatoms. The summed E-state index contributed by atoms with van der Waals surface area (Å²) in [5.74, 6) is 0.712. The van der Waals surface area contributed by atoms with Crippen molar-refractivity contribution in [3.63, 3.8) is 0 Å². The monoisotopic (exact) mass is 227 g/mol. The second kappa shape index (κ2) is 4.77. The highest BCUT2D eigenvalue weighted by Gasteiger charge is 2.19. The van der Waals surface area contributed by atoms with Gasteiger partial charge in [-0.2, -0.15) is 0 Å². The molecule has 0 aromatic carbocycles. The summed E-state index contributed by atoms with van der Waals surface area (Å²) in [6, 6.07) is 0.376. The summed E-state index contributed by atoms with van der Waals surface area (Å²) in [6.07, 6.45) is 6.68. The smallest absolute Gasteiger partial charge is 0.149 e. The molecule has 1 heterocycles. The number of nitrogens with zero attached hydrogens (tertiary/aromatic N) is 2. The molecule has 0 aliphatic heterocycles. The maximum absolute atomic E-state index is 9.36. The fourth-order valence-electron chi connectivity index (χ4n) is 1.84. The zero-order valence-corrected chi connectivity index (χ0v) is 9.11.